The molecule has 1 aliphatic heterocycles. The molecule has 0 aromatic carbocycles. The van der Waals surface area contributed by atoms with Gasteiger partial charge in [-0.05, 0) is 19.3 Å². The van der Waals surface area contributed by atoms with Crippen LogP contribution in [0.25, 0.3) is 0 Å². The van der Waals surface area contributed by atoms with Crippen molar-refractivity contribution >= 4 is 13.3 Å². The average molecular weight is 223 g/mol. The first kappa shape index (κ1) is 11.2. The van der Waals surface area contributed by atoms with E-state index in [0.29, 0.717) is 5.95 Å². The third kappa shape index (κ3) is 2.83. The van der Waals surface area contributed by atoms with Gasteiger partial charge < -0.3 is 19.6 Å². The van der Waals surface area contributed by atoms with Crippen LogP contribution in [0, 0.1) is 0 Å². The zero-order valence-corrected chi connectivity index (χ0v) is 8.91. The van der Waals surface area contributed by atoms with Crippen LogP contribution in [0.5, 0.6) is 5.75 Å². The molecule has 0 radical (unpaired) electrons. The van der Waals surface area contributed by atoms with Gasteiger partial charge in [-0.3, -0.25) is 0 Å². The number of anilines is 1. The molecule has 1 aromatic heterocycles. The van der Waals surface area contributed by atoms with Crippen molar-refractivity contribution in [2.24, 2.45) is 0 Å². The fraction of sp³-hybridized carbons (Fsp3) is 0.556. The van der Waals surface area contributed by atoms with Crippen molar-refractivity contribution in [3.8, 4) is 5.75 Å². The SMILES string of the molecule is OB(O)Oc1cnc(N2CCCCC2)nc1. The molecule has 0 unspecified atom stereocenters. The van der Waals surface area contributed by atoms with Gasteiger partial charge in [0.25, 0.3) is 0 Å². The van der Waals surface area contributed by atoms with Crippen LogP contribution in [0.1, 0.15) is 19.3 Å². The molecule has 6 nitrogen and oxygen atoms in total. The Labute approximate surface area is 94.1 Å². The molecule has 2 heterocycles. The zero-order chi connectivity index (χ0) is 11.4. The molecule has 0 saturated carbocycles. The Morgan fingerprint density at radius 2 is 1.75 bits per heavy atom. The van der Waals surface area contributed by atoms with Crippen molar-refractivity contribution in [3.05, 3.63) is 12.4 Å². The molecule has 1 aromatic rings. The normalized spacial score (nSPS) is 16.0. The van der Waals surface area contributed by atoms with E-state index in [2.05, 4.69) is 19.5 Å². The second-order valence-corrected chi connectivity index (χ2v) is 3.71. The number of piperidine rings is 1. The Bertz CT molecular complexity index is 327. The summed E-state index contributed by atoms with van der Waals surface area (Å²) in [5.41, 5.74) is 0. The highest BCUT2D eigenvalue weighted by molar-refractivity contribution is 6.33. The van der Waals surface area contributed by atoms with Crippen LogP contribution in [-0.2, 0) is 0 Å². The minimum Gasteiger partial charge on any atom is -0.509 e. The standard InChI is InChI=1S/C9H14BN3O3/c14-10(15)16-8-6-11-9(12-7-8)13-4-2-1-3-5-13/h6-7,14-15H,1-5H2. The highest BCUT2D eigenvalue weighted by atomic mass is 16.6. The first-order valence-corrected chi connectivity index (χ1v) is 5.35. The van der Waals surface area contributed by atoms with E-state index in [4.69, 9.17) is 10.0 Å². The molecule has 0 spiro atoms. The average Bonchev–Trinajstić information content (AvgIpc) is 2.30. The van der Waals surface area contributed by atoms with Gasteiger partial charge in [0, 0.05) is 13.1 Å². The monoisotopic (exact) mass is 223 g/mol. The third-order valence-corrected chi connectivity index (χ3v) is 2.49. The summed E-state index contributed by atoms with van der Waals surface area (Å²) in [6, 6.07) is 0. The summed E-state index contributed by atoms with van der Waals surface area (Å²) in [4.78, 5) is 10.4. The summed E-state index contributed by atoms with van der Waals surface area (Å²) >= 11 is 0. The molecule has 1 saturated heterocycles. The van der Waals surface area contributed by atoms with Crippen molar-refractivity contribution in [1.29, 1.82) is 0 Å². The highest BCUT2D eigenvalue weighted by Gasteiger charge is 2.15. The maximum atomic E-state index is 8.59. The Morgan fingerprint density at radius 1 is 1.12 bits per heavy atom. The van der Waals surface area contributed by atoms with Crippen molar-refractivity contribution in [2.45, 2.75) is 19.3 Å². The third-order valence-electron chi connectivity index (χ3n) is 2.49. The van der Waals surface area contributed by atoms with Crippen molar-refractivity contribution in [3.63, 3.8) is 0 Å². The minimum atomic E-state index is -1.83. The van der Waals surface area contributed by atoms with E-state index in [1.54, 1.807) is 0 Å². The minimum absolute atomic E-state index is 0.246. The Hall–Kier alpha value is -1.34. The molecular formula is C9H14BN3O3. The molecule has 7 heteroatoms. The summed E-state index contributed by atoms with van der Waals surface area (Å²) < 4.78 is 4.62. The molecule has 86 valence electrons. The number of nitrogens with zero attached hydrogens (tertiary/aromatic N) is 3. The topological polar surface area (TPSA) is 78.7 Å². The van der Waals surface area contributed by atoms with Crippen LogP contribution in [0.4, 0.5) is 5.95 Å². The quantitative estimate of drug-likeness (QED) is 0.691. The van der Waals surface area contributed by atoms with E-state index in [-0.39, 0.29) is 5.75 Å². The van der Waals surface area contributed by atoms with E-state index in [1.165, 1.54) is 18.8 Å². The van der Waals surface area contributed by atoms with Crippen LogP contribution in [0.2, 0.25) is 0 Å². The Kier molecular flexibility index (Phi) is 3.58. The maximum absolute atomic E-state index is 8.59. The van der Waals surface area contributed by atoms with Gasteiger partial charge in [0.1, 0.15) is 5.75 Å². The zero-order valence-electron chi connectivity index (χ0n) is 8.91. The largest absolute Gasteiger partial charge is 0.707 e. The first-order valence-electron chi connectivity index (χ1n) is 5.35. The highest BCUT2D eigenvalue weighted by Crippen LogP contribution is 2.16. The lowest BCUT2D eigenvalue weighted by molar-refractivity contribution is 0.287. The fourth-order valence-corrected chi connectivity index (χ4v) is 1.75. The fourth-order valence-electron chi connectivity index (χ4n) is 1.75. The second-order valence-electron chi connectivity index (χ2n) is 3.71. The van der Waals surface area contributed by atoms with Gasteiger partial charge in [-0.25, -0.2) is 9.97 Å². The van der Waals surface area contributed by atoms with Gasteiger partial charge >= 0.3 is 7.32 Å². The van der Waals surface area contributed by atoms with Crippen LogP contribution in [0.3, 0.4) is 0 Å². The lowest BCUT2D eigenvalue weighted by Gasteiger charge is -2.26. The molecule has 2 rings (SSSR count). The number of aromatic nitrogens is 2. The predicted molar refractivity (Wildman–Crippen MR) is 58.9 cm³/mol. The van der Waals surface area contributed by atoms with E-state index in [9.17, 15) is 0 Å². The Balaban J connectivity index is 2.00. The number of hydrogen-bond acceptors (Lipinski definition) is 6. The first-order chi connectivity index (χ1) is 7.75. The molecule has 16 heavy (non-hydrogen) atoms. The molecule has 1 fully saturated rings. The molecule has 0 bridgehead atoms. The smallest absolute Gasteiger partial charge is 0.509 e. The van der Waals surface area contributed by atoms with Crippen LogP contribution >= 0.6 is 0 Å². The van der Waals surface area contributed by atoms with Crippen molar-refractivity contribution in [2.75, 3.05) is 18.0 Å². The lowest BCUT2D eigenvalue weighted by Crippen LogP contribution is -2.31. The molecule has 2 N–H and O–H groups in total. The molecule has 0 amide bonds. The van der Waals surface area contributed by atoms with Crippen LogP contribution < -0.4 is 9.55 Å². The van der Waals surface area contributed by atoms with Crippen LogP contribution in [-0.4, -0.2) is 40.4 Å². The van der Waals surface area contributed by atoms with Crippen LogP contribution in [0.15, 0.2) is 12.4 Å². The van der Waals surface area contributed by atoms with E-state index < -0.39 is 7.32 Å². The molecule has 1 aliphatic rings. The molecule has 0 aliphatic carbocycles. The summed E-state index contributed by atoms with van der Waals surface area (Å²) in [5, 5.41) is 17.2. The van der Waals surface area contributed by atoms with Crippen molar-refractivity contribution < 1.29 is 14.7 Å². The van der Waals surface area contributed by atoms with Gasteiger partial charge in [-0.15, -0.1) is 0 Å². The lowest BCUT2D eigenvalue weighted by atomic mass is 10.1. The maximum Gasteiger partial charge on any atom is 0.707 e. The van der Waals surface area contributed by atoms with Gasteiger partial charge in [0.05, 0.1) is 12.4 Å². The molecular weight excluding hydrogens is 209 g/mol. The second kappa shape index (κ2) is 5.13. The van der Waals surface area contributed by atoms with Gasteiger partial charge in [-0.2, -0.15) is 0 Å². The summed E-state index contributed by atoms with van der Waals surface area (Å²) in [5.74, 6) is 0.912. The summed E-state index contributed by atoms with van der Waals surface area (Å²) in [6.07, 6.45) is 6.47. The van der Waals surface area contributed by atoms with Gasteiger partial charge in [0.2, 0.25) is 5.95 Å². The molecule has 0 atom stereocenters. The van der Waals surface area contributed by atoms with Gasteiger partial charge in [0.15, 0.2) is 0 Å². The van der Waals surface area contributed by atoms with E-state index in [1.807, 2.05) is 0 Å². The summed E-state index contributed by atoms with van der Waals surface area (Å²) in [6.45, 7) is 1.95. The van der Waals surface area contributed by atoms with Crippen molar-refractivity contribution in [1.82, 2.24) is 9.97 Å². The number of rotatable bonds is 3. The predicted octanol–water partition coefficient (Wildman–Crippen LogP) is -0.185. The summed E-state index contributed by atoms with van der Waals surface area (Å²) in [7, 11) is -1.83. The van der Waals surface area contributed by atoms with E-state index >= 15 is 0 Å². The van der Waals surface area contributed by atoms with Gasteiger partial charge in [-0.1, -0.05) is 0 Å². The Morgan fingerprint density at radius 3 is 2.31 bits per heavy atom. The number of hydrogen-bond donors (Lipinski definition) is 2. The van der Waals surface area contributed by atoms with E-state index in [0.717, 1.165) is 25.9 Å².